The number of carbonyl (C=O) groups is 1. The molecule has 2 aromatic carbocycles. The van der Waals surface area contributed by atoms with Crippen LogP contribution in [-0.4, -0.2) is 22.8 Å². The van der Waals surface area contributed by atoms with Gasteiger partial charge in [0.15, 0.2) is 0 Å². The Balaban J connectivity index is 1.41. The Hall–Kier alpha value is -2.60. The number of carbonyl (C=O) groups excluding carboxylic acids is 1. The molecule has 0 aliphatic rings. The quantitative estimate of drug-likeness (QED) is 0.592. The van der Waals surface area contributed by atoms with Crippen molar-refractivity contribution in [2.75, 3.05) is 6.54 Å². The molecule has 5 nitrogen and oxygen atoms in total. The Labute approximate surface area is 154 Å². The number of alkyl carbamates (subject to hydrolysis) is 1. The number of nitrogens with one attached hydrogen (secondary N) is 2. The van der Waals surface area contributed by atoms with E-state index in [4.69, 9.17) is 4.74 Å². The molecule has 0 radical (unpaired) electrons. The summed E-state index contributed by atoms with van der Waals surface area (Å²) >= 11 is 3.44. The van der Waals surface area contributed by atoms with Crippen LogP contribution in [0, 0.1) is 0 Å². The maximum absolute atomic E-state index is 11.6. The summed E-state index contributed by atoms with van der Waals surface area (Å²) in [6.07, 6.45) is 4.22. The molecule has 0 atom stereocenters. The number of amides is 1. The van der Waals surface area contributed by atoms with Crippen molar-refractivity contribution in [2.45, 2.75) is 13.0 Å². The second-order valence-electron chi connectivity index (χ2n) is 5.48. The van der Waals surface area contributed by atoms with E-state index in [0.717, 1.165) is 26.6 Å². The lowest BCUT2D eigenvalue weighted by molar-refractivity contribution is 0.140. The van der Waals surface area contributed by atoms with Gasteiger partial charge in [0, 0.05) is 16.4 Å². The summed E-state index contributed by atoms with van der Waals surface area (Å²) < 4.78 is 6.16. The lowest BCUT2D eigenvalue weighted by Gasteiger charge is -2.05. The van der Waals surface area contributed by atoms with Gasteiger partial charge in [-0.2, -0.15) is 5.10 Å². The highest BCUT2D eigenvalue weighted by atomic mass is 79.9. The fraction of sp³-hybridized carbons (Fsp3) is 0.158. The lowest BCUT2D eigenvalue weighted by Crippen LogP contribution is -2.24. The van der Waals surface area contributed by atoms with Gasteiger partial charge in [-0.3, -0.25) is 5.10 Å². The number of ether oxygens (including phenoxy) is 1. The van der Waals surface area contributed by atoms with E-state index < -0.39 is 6.09 Å². The van der Waals surface area contributed by atoms with E-state index in [1.54, 1.807) is 0 Å². The predicted molar refractivity (Wildman–Crippen MR) is 102 cm³/mol. The molecule has 1 amide bonds. The van der Waals surface area contributed by atoms with Crippen LogP contribution in [0.4, 0.5) is 4.79 Å². The van der Waals surface area contributed by atoms with E-state index in [9.17, 15) is 4.79 Å². The molecule has 0 saturated carbocycles. The van der Waals surface area contributed by atoms with Gasteiger partial charge in [0.2, 0.25) is 0 Å². The minimum Gasteiger partial charge on any atom is -0.445 e. The Kier molecular flexibility index (Phi) is 5.85. The molecule has 0 aliphatic carbocycles. The lowest BCUT2D eigenvalue weighted by atomic mass is 10.2. The number of H-pyrrole nitrogens is 1. The van der Waals surface area contributed by atoms with Crippen LogP contribution in [0.1, 0.15) is 17.7 Å². The number of hydrogen-bond donors (Lipinski definition) is 2. The van der Waals surface area contributed by atoms with Crippen LogP contribution in [0.5, 0.6) is 0 Å². The maximum atomic E-state index is 11.6. The summed E-state index contributed by atoms with van der Waals surface area (Å²) in [7, 11) is 0. The highest BCUT2D eigenvalue weighted by Gasteiger charge is 2.03. The van der Waals surface area contributed by atoms with Crippen molar-refractivity contribution >= 4 is 39.0 Å². The summed E-state index contributed by atoms with van der Waals surface area (Å²) in [6, 6.07) is 15.6. The van der Waals surface area contributed by atoms with Gasteiger partial charge < -0.3 is 10.1 Å². The molecule has 1 heterocycles. The van der Waals surface area contributed by atoms with E-state index in [2.05, 4.69) is 31.4 Å². The summed E-state index contributed by atoms with van der Waals surface area (Å²) in [5.41, 5.74) is 2.83. The molecule has 3 aromatic rings. The minimum absolute atomic E-state index is 0.275. The van der Waals surface area contributed by atoms with Gasteiger partial charge in [-0.05, 0) is 36.3 Å². The Morgan fingerprint density at radius 2 is 2.08 bits per heavy atom. The van der Waals surface area contributed by atoms with Crippen LogP contribution in [0.15, 0.2) is 59.1 Å². The van der Waals surface area contributed by atoms with E-state index in [1.807, 2.05) is 60.7 Å². The van der Waals surface area contributed by atoms with Gasteiger partial charge in [-0.25, -0.2) is 4.79 Å². The third-order valence-corrected chi connectivity index (χ3v) is 4.12. The highest BCUT2D eigenvalue weighted by molar-refractivity contribution is 9.10. The average Bonchev–Trinajstić information content (AvgIpc) is 3.02. The molecular formula is C19H18BrN3O2. The fourth-order valence-electron chi connectivity index (χ4n) is 2.37. The molecule has 128 valence electrons. The van der Waals surface area contributed by atoms with Gasteiger partial charge in [-0.15, -0.1) is 0 Å². The van der Waals surface area contributed by atoms with Crippen molar-refractivity contribution in [3.05, 3.63) is 70.3 Å². The standard InChI is InChI=1S/C19H18BrN3O2/c20-15-9-10-16-17(22-23-18(16)12-15)8-4-5-11-21-19(24)25-13-14-6-2-1-3-7-14/h1-4,6-10,12H,5,11,13H2,(H,21,24)(H,22,23). The molecular weight excluding hydrogens is 382 g/mol. The van der Waals surface area contributed by atoms with Crippen molar-refractivity contribution < 1.29 is 9.53 Å². The minimum atomic E-state index is -0.410. The molecule has 0 fully saturated rings. The van der Waals surface area contributed by atoms with Crippen molar-refractivity contribution in [3.8, 4) is 0 Å². The number of benzene rings is 2. The largest absolute Gasteiger partial charge is 0.445 e. The number of aromatic nitrogens is 2. The smallest absolute Gasteiger partial charge is 0.407 e. The van der Waals surface area contributed by atoms with E-state index in [-0.39, 0.29) is 6.61 Å². The van der Waals surface area contributed by atoms with Crippen molar-refractivity contribution in [2.24, 2.45) is 0 Å². The molecule has 0 unspecified atom stereocenters. The monoisotopic (exact) mass is 399 g/mol. The second-order valence-corrected chi connectivity index (χ2v) is 6.39. The highest BCUT2D eigenvalue weighted by Crippen LogP contribution is 2.21. The van der Waals surface area contributed by atoms with Crippen molar-refractivity contribution in [1.82, 2.24) is 15.5 Å². The van der Waals surface area contributed by atoms with Crippen molar-refractivity contribution in [1.29, 1.82) is 0 Å². The van der Waals surface area contributed by atoms with Crippen molar-refractivity contribution in [3.63, 3.8) is 0 Å². The molecule has 3 rings (SSSR count). The first-order valence-corrected chi connectivity index (χ1v) is 8.76. The Morgan fingerprint density at radius 1 is 1.24 bits per heavy atom. The third-order valence-electron chi connectivity index (χ3n) is 3.62. The fourth-order valence-corrected chi connectivity index (χ4v) is 2.73. The first-order valence-electron chi connectivity index (χ1n) is 7.97. The molecule has 0 saturated heterocycles. The second kappa shape index (κ2) is 8.48. The number of hydrogen-bond acceptors (Lipinski definition) is 3. The van der Waals surface area contributed by atoms with E-state index in [0.29, 0.717) is 13.0 Å². The Bertz CT molecular complexity index is 875. The van der Waals surface area contributed by atoms with Crippen LogP contribution < -0.4 is 5.32 Å². The summed E-state index contributed by atoms with van der Waals surface area (Å²) in [4.78, 5) is 11.6. The number of aromatic amines is 1. The normalized spacial score (nSPS) is 11.1. The van der Waals surface area contributed by atoms with Gasteiger partial charge in [0.05, 0.1) is 11.2 Å². The van der Waals surface area contributed by atoms with E-state index in [1.165, 1.54) is 0 Å². The maximum Gasteiger partial charge on any atom is 0.407 e. The predicted octanol–water partition coefficient (Wildman–Crippen LogP) is 4.66. The van der Waals surface area contributed by atoms with Crippen LogP contribution in [0.25, 0.3) is 17.0 Å². The van der Waals surface area contributed by atoms with Crippen LogP contribution in [-0.2, 0) is 11.3 Å². The number of nitrogens with zero attached hydrogens (tertiary/aromatic N) is 1. The zero-order valence-electron chi connectivity index (χ0n) is 13.5. The SMILES string of the molecule is O=C(NCCC=Cc1n[nH]c2cc(Br)ccc12)OCc1ccccc1. The first-order chi connectivity index (χ1) is 12.2. The summed E-state index contributed by atoms with van der Waals surface area (Å²) in [6.45, 7) is 0.787. The van der Waals surface area contributed by atoms with Gasteiger partial charge >= 0.3 is 6.09 Å². The van der Waals surface area contributed by atoms with Gasteiger partial charge in [-0.1, -0.05) is 52.3 Å². The number of fused-ring (bicyclic) bond motifs is 1. The number of halogens is 1. The van der Waals surface area contributed by atoms with Crippen LogP contribution in [0.2, 0.25) is 0 Å². The molecule has 25 heavy (non-hydrogen) atoms. The molecule has 2 N–H and O–H groups in total. The first kappa shape index (κ1) is 17.2. The van der Waals surface area contributed by atoms with Gasteiger partial charge in [0.1, 0.15) is 6.61 Å². The molecule has 6 heteroatoms. The van der Waals surface area contributed by atoms with Crippen LogP contribution in [0.3, 0.4) is 0 Å². The summed E-state index contributed by atoms with van der Waals surface area (Å²) in [5, 5.41) is 11.1. The van der Waals surface area contributed by atoms with E-state index >= 15 is 0 Å². The third kappa shape index (κ3) is 4.93. The zero-order chi connectivity index (χ0) is 17.5. The average molecular weight is 400 g/mol. The molecule has 0 bridgehead atoms. The molecule has 1 aromatic heterocycles. The zero-order valence-corrected chi connectivity index (χ0v) is 15.1. The topological polar surface area (TPSA) is 67.0 Å². The Morgan fingerprint density at radius 3 is 2.92 bits per heavy atom. The summed E-state index contributed by atoms with van der Waals surface area (Å²) in [5.74, 6) is 0. The number of rotatable bonds is 6. The van der Waals surface area contributed by atoms with Crippen LogP contribution >= 0.6 is 15.9 Å². The van der Waals surface area contributed by atoms with Gasteiger partial charge in [0.25, 0.3) is 0 Å². The molecule has 0 spiro atoms. The molecule has 0 aliphatic heterocycles.